The average Bonchev–Trinajstić information content (AvgIpc) is 2.94. The Bertz CT molecular complexity index is 843. The van der Waals surface area contributed by atoms with E-state index in [1.165, 1.54) is 22.9 Å². The van der Waals surface area contributed by atoms with Gasteiger partial charge >= 0.3 is 0 Å². The molecule has 2 aromatic carbocycles. The van der Waals surface area contributed by atoms with E-state index < -0.39 is 0 Å². The molecule has 1 fully saturated rings. The molecule has 0 aromatic heterocycles. The van der Waals surface area contributed by atoms with Gasteiger partial charge in [0, 0.05) is 0 Å². The first-order valence-electron chi connectivity index (χ1n) is 8.78. The molecule has 5 heteroatoms. The van der Waals surface area contributed by atoms with Crippen LogP contribution in [-0.4, -0.2) is 27.4 Å². The van der Waals surface area contributed by atoms with Crippen LogP contribution in [0.15, 0.2) is 58.7 Å². The molecule has 0 spiro atoms. The highest BCUT2D eigenvalue weighted by Crippen LogP contribution is 2.31. The van der Waals surface area contributed by atoms with E-state index in [-0.39, 0.29) is 11.2 Å². The first-order valence-corrected chi connectivity index (χ1v) is 9.66. The number of hydrogen-bond donors (Lipinski definition) is 0. The van der Waals surface area contributed by atoms with Crippen molar-refractivity contribution in [2.45, 2.75) is 39.0 Å². The fraction of sp³-hybridized carbons (Fsp3) is 0.286. The lowest BCUT2D eigenvalue weighted by molar-refractivity contribution is -0.126. The third kappa shape index (κ3) is 4.22. The number of hydrogen-bond acceptors (Lipinski definition) is 4. The maximum absolute atomic E-state index is 12.7. The third-order valence-electron chi connectivity index (χ3n) is 4.41. The van der Waals surface area contributed by atoms with Crippen molar-refractivity contribution in [1.82, 2.24) is 4.90 Å². The lowest BCUT2D eigenvalue weighted by atomic mass is 10.1. The summed E-state index contributed by atoms with van der Waals surface area (Å²) in [5, 5.41) is 9.17. The second-order valence-electron chi connectivity index (χ2n) is 6.40. The minimum atomic E-state index is -0.0765. The van der Waals surface area contributed by atoms with Crippen molar-refractivity contribution in [3.05, 3.63) is 70.8 Å². The first-order chi connectivity index (χ1) is 12.6. The summed E-state index contributed by atoms with van der Waals surface area (Å²) >= 11 is 1.50. The van der Waals surface area contributed by atoms with Crippen molar-refractivity contribution in [3.8, 4) is 0 Å². The van der Waals surface area contributed by atoms with Gasteiger partial charge in [0.05, 0.1) is 18.0 Å². The first kappa shape index (κ1) is 18.4. The van der Waals surface area contributed by atoms with Crippen LogP contribution in [0, 0.1) is 13.8 Å². The second-order valence-corrected chi connectivity index (χ2v) is 7.57. The fourth-order valence-electron chi connectivity index (χ4n) is 2.75. The quantitative estimate of drug-likeness (QED) is 0.576. The molecule has 1 saturated heterocycles. The van der Waals surface area contributed by atoms with Gasteiger partial charge in [-0.1, -0.05) is 72.8 Å². The molecule has 1 aliphatic rings. The number of benzene rings is 2. The predicted octanol–water partition coefficient (Wildman–Crippen LogP) is 4.55. The average molecular weight is 366 g/mol. The zero-order chi connectivity index (χ0) is 18.5. The summed E-state index contributed by atoms with van der Waals surface area (Å²) in [6.45, 7) is 6.68. The topological polar surface area (TPSA) is 45.0 Å². The molecule has 0 N–H and O–H groups in total. The van der Waals surface area contributed by atoms with E-state index in [2.05, 4.69) is 36.2 Å². The second kappa shape index (κ2) is 8.32. The van der Waals surface area contributed by atoms with Crippen LogP contribution < -0.4 is 0 Å². The number of amides is 1. The van der Waals surface area contributed by atoms with Crippen molar-refractivity contribution >= 4 is 29.1 Å². The molecule has 2 aromatic rings. The SMILES string of the molecule is CCC1S/C(=N/N=C/c2ccc(C)cc2)N(Cc2ccccc2C)C1=O. The molecule has 1 atom stereocenters. The van der Waals surface area contributed by atoms with Gasteiger partial charge in [0.25, 0.3) is 0 Å². The monoisotopic (exact) mass is 365 g/mol. The number of amidine groups is 1. The fourth-order valence-corrected chi connectivity index (χ4v) is 3.77. The lowest BCUT2D eigenvalue weighted by Gasteiger charge is -2.17. The molecule has 0 bridgehead atoms. The van der Waals surface area contributed by atoms with Gasteiger partial charge in [-0.15, -0.1) is 5.10 Å². The molecular formula is C21H23N3OS. The van der Waals surface area contributed by atoms with Crippen molar-refractivity contribution in [1.29, 1.82) is 0 Å². The molecule has 26 heavy (non-hydrogen) atoms. The Balaban J connectivity index is 1.81. The molecular weight excluding hydrogens is 342 g/mol. The summed E-state index contributed by atoms with van der Waals surface area (Å²) in [6.07, 6.45) is 2.51. The Labute approximate surface area is 159 Å². The molecule has 1 unspecified atom stereocenters. The molecule has 0 radical (unpaired) electrons. The Kier molecular flexibility index (Phi) is 5.89. The van der Waals surface area contributed by atoms with Crippen LogP contribution >= 0.6 is 11.8 Å². The van der Waals surface area contributed by atoms with E-state index in [0.717, 1.165) is 17.5 Å². The minimum absolute atomic E-state index is 0.0765. The smallest absolute Gasteiger partial charge is 0.242 e. The predicted molar refractivity (Wildman–Crippen MR) is 110 cm³/mol. The van der Waals surface area contributed by atoms with E-state index in [9.17, 15) is 4.79 Å². The van der Waals surface area contributed by atoms with Crippen molar-refractivity contribution < 1.29 is 4.79 Å². The van der Waals surface area contributed by atoms with Gasteiger partial charge in [-0.3, -0.25) is 9.69 Å². The third-order valence-corrected chi connectivity index (χ3v) is 5.74. The Hall–Kier alpha value is -2.40. The Morgan fingerprint density at radius 3 is 2.54 bits per heavy atom. The van der Waals surface area contributed by atoms with E-state index in [1.54, 1.807) is 11.1 Å². The number of aryl methyl sites for hydroxylation is 2. The molecule has 1 aliphatic heterocycles. The summed E-state index contributed by atoms with van der Waals surface area (Å²) in [5.74, 6) is 0.116. The van der Waals surface area contributed by atoms with E-state index in [1.807, 2.05) is 43.3 Å². The van der Waals surface area contributed by atoms with Crippen LogP contribution in [0.4, 0.5) is 0 Å². The summed E-state index contributed by atoms with van der Waals surface area (Å²) in [4.78, 5) is 14.5. The summed E-state index contributed by atoms with van der Waals surface area (Å²) in [7, 11) is 0. The largest absolute Gasteiger partial charge is 0.284 e. The van der Waals surface area contributed by atoms with Gasteiger partial charge in [-0.2, -0.15) is 5.10 Å². The van der Waals surface area contributed by atoms with Crippen LogP contribution in [0.5, 0.6) is 0 Å². The number of rotatable bonds is 5. The summed E-state index contributed by atoms with van der Waals surface area (Å²) in [5.41, 5.74) is 4.51. The van der Waals surface area contributed by atoms with Crippen LogP contribution in [0.3, 0.4) is 0 Å². The zero-order valence-corrected chi connectivity index (χ0v) is 16.2. The Morgan fingerprint density at radius 1 is 1.12 bits per heavy atom. The zero-order valence-electron chi connectivity index (χ0n) is 15.3. The van der Waals surface area contributed by atoms with Crippen LogP contribution in [0.1, 0.15) is 35.6 Å². The number of carbonyl (C=O) groups excluding carboxylic acids is 1. The standard InChI is InChI=1S/C21H23N3OS/c1-4-19-20(25)24(14-18-8-6-5-7-16(18)3)21(26-19)23-22-13-17-11-9-15(2)10-12-17/h5-13,19H,4,14H2,1-3H3/b22-13+,23-21+. The van der Waals surface area contributed by atoms with Gasteiger partial charge < -0.3 is 0 Å². The van der Waals surface area contributed by atoms with Gasteiger partial charge in [0.1, 0.15) is 0 Å². The highest BCUT2D eigenvalue weighted by molar-refractivity contribution is 8.15. The van der Waals surface area contributed by atoms with E-state index in [0.29, 0.717) is 11.7 Å². The van der Waals surface area contributed by atoms with Crippen molar-refractivity contribution in [2.24, 2.45) is 10.2 Å². The maximum atomic E-state index is 12.7. The normalized spacial score (nSPS) is 19.0. The van der Waals surface area contributed by atoms with Gasteiger partial charge in [0.2, 0.25) is 5.91 Å². The van der Waals surface area contributed by atoms with Gasteiger partial charge in [-0.05, 0) is 37.0 Å². The minimum Gasteiger partial charge on any atom is -0.284 e. The lowest BCUT2D eigenvalue weighted by Crippen LogP contribution is -2.31. The molecule has 0 saturated carbocycles. The molecule has 3 rings (SSSR count). The van der Waals surface area contributed by atoms with Crippen LogP contribution in [0.2, 0.25) is 0 Å². The molecule has 1 amide bonds. The number of nitrogens with zero attached hydrogens (tertiary/aromatic N) is 3. The van der Waals surface area contributed by atoms with Crippen molar-refractivity contribution in [3.63, 3.8) is 0 Å². The van der Waals surface area contributed by atoms with Gasteiger partial charge in [0.15, 0.2) is 5.17 Å². The van der Waals surface area contributed by atoms with E-state index >= 15 is 0 Å². The highest BCUT2D eigenvalue weighted by Gasteiger charge is 2.37. The molecule has 1 heterocycles. The Morgan fingerprint density at radius 2 is 1.85 bits per heavy atom. The van der Waals surface area contributed by atoms with Crippen LogP contribution in [-0.2, 0) is 11.3 Å². The summed E-state index contributed by atoms with van der Waals surface area (Å²) < 4.78 is 0. The maximum Gasteiger partial charge on any atom is 0.242 e. The highest BCUT2D eigenvalue weighted by atomic mass is 32.2. The van der Waals surface area contributed by atoms with E-state index in [4.69, 9.17) is 0 Å². The molecule has 0 aliphatic carbocycles. The number of thioether (sulfide) groups is 1. The van der Waals surface area contributed by atoms with Crippen LogP contribution in [0.25, 0.3) is 0 Å². The number of carbonyl (C=O) groups is 1. The summed E-state index contributed by atoms with van der Waals surface area (Å²) in [6, 6.07) is 16.2. The molecule has 4 nitrogen and oxygen atoms in total. The van der Waals surface area contributed by atoms with Crippen molar-refractivity contribution in [2.75, 3.05) is 0 Å². The molecule has 134 valence electrons. The van der Waals surface area contributed by atoms with Gasteiger partial charge in [-0.25, -0.2) is 0 Å².